The SMILES string of the molecule is COc1ccc(S(=O)(=O)N2CCc3ccc(NC(=O)CCc4ccccc4)cc3C2)cc1. The molecule has 7 heteroatoms. The minimum atomic E-state index is -3.61. The number of hydrogen-bond donors (Lipinski definition) is 1. The number of ether oxygens (including phenoxy) is 1. The van der Waals surface area contributed by atoms with Crippen LogP contribution in [0.4, 0.5) is 5.69 Å². The molecule has 0 atom stereocenters. The minimum Gasteiger partial charge on any atom is -0.497 e. The summed E-state index contributed by atoms with van der Waals surface area (Å²) >= 11 is 0. The summed E-state index contributed by atoms with van der Waals surface area (Å²) in [6.45, 7) is 0.696. The van der Waals surface area contributed by atoms with E-state index in [1.807, 2.05) is 48.5 Å². The van der Waals surface area contributed by atoms with Crippen molar-refractivity contribution in [2.45, 2.75) is 30.7 Å². The normalized spacial score (nSPS) is 13.9. The molecule has 0 fully saturated rings. The molecule has 0 bridgehead atoms. The standard InChI is InChI=1S/C25H26N2O4S/c1-31-23-10-12-24(13-11-23)32(29,30)27-16-15-20-8-9-22(17-21(20)18-27)26-25(28)14-7-19-5-3-2-4-6-19/h2-6,8-13,17H,7,14-16,18H2,1H3,(H,26,28). The molecular formula is C25H26N2O4S. The zero-order valence-corrected chi connectivity index (χ0v) is 18.8. The molecular weight excluding hydrogens is 424 g/mol. The largest absolute Gasteiger partial charge is 0.497 e. The number of nitrogens with zero attached hydrogens (tertiary/aromatic N) is 1. The summed E-state index contributed by atoms with van der Waals surface area (Å²) in [7, 11) is -2.07. The lowest BCUT2D eigenvalue weighted by molar-refractivity contribution is -0.116. The number of carbonyl (C=O) groups excluding carboxylic acids is 1. The van der Waals surface area contributed by atoms with Crippen LogP contribution in [-0.2, 0) is 34.2 Å². The molecule has 32 heavy (non-hydrogen) atoms. The molecule has 1 aliphatic heterocycles. The van der Waals surface area contributed by atoms with Gasteiger partial charge < -0.3 is 10.1 Å². The van der Waals surface area contributed by atoms with Gasteiger partial charge in [0.1, 0.15) is 5.75 Å². The number of sulfonamides is 1. The molecule has 4 rings (SSSR count). The molecule has 0 saturated carbocycles. The van der Waals surface area contributed by atoms with E-state index in [1.165, 1.54) is 4.31 Å². The second kappa shape index (κ2) is 9.54. The van der Waals surface area contributed by atoms with Crippen molar-refractivity contribution in [3.8, 4) is 5.75 Å². The van der Waals surface area contributed by atoms with Crippen LogP contribution < -0.4 is 10.1 Å². The number of methoxy groups -OCH3 is 1. The van der Waals surface area contributed by atoms with Gasteiger partial charge in [0, 0.05) is 25.2 Å². The number of fused-ring (bicyclic) bond motifs is 1. The van der Waals surface area contributed by atoms with Crippen molar-refractivity contribution in [2.75, 3.05) is 19.0 Å². The summed E-state index contributed by atoms with van der Waals surface area (Å²) in [5, 5.41) is 2.94. The van der Waals surface area contributed by atoms with E-state index in [-0.39, 0.29) is 17.3 Å². The first-order valence-electron chi connectivity index (χ1n) is 10.6. The van der Waals surface area contributed by atoms with Crippen LogP contribution in [0.15, 0.2) is 77.7 Å². The Morgan fingerprint density at radius 2 is 1.75 bits per heavy atom. The number of rotatable bonds is 7. The maximum atomic E-state index is 13.1. The fraction of sp³-hybridized carbons (Fsp3) is 0.240. The van der Waals surface area contributed by atoms with Gasteiger partial charge in [-0.15, -0.1) is 0 Å². The maximum absolute atomic E-state index is 13.1. The van der Waals surface area contributed by atoms with Crippen LogP contribution >= 0.6 is 0 Å². The van der Waals surface area contributed by atoms with Gasteiger partial charge in [-0.1, -0.05) is 36.4 Å². The highest BCUT2D eigenvalue weighted by Gasteiger charge is 2.28. The fourth-order valence-corrected chi connectivity index (χ4v) is 5.26. The smallest absolute Gasteiger partial charge is 0.243 e. The van der Waals surface area contributed by atoms with Crippen LogP contribution in [0.3, 0.4) is 0 Å². The Hall–Kier alpha value is -3.16. The summed E-state index contributed by atoms with van der Waals surface area (Å²) in [5.41, 5.74) is 3.82. The Morgan fingerprint density at radius 1 is 1.00 bits per heavy atom. The Kier molecular flexibility index (Phi) is 6.58. The highest BCUT2D eigenvalue weighted by atomic mass is 32.2. The minimum absolute atomic E-state index is 0.0627. The van der Waals surface area contributed by atoms with Crippen molar-refractivity contribution in [2.24, 2.45) is 0 Å². The molecule has 1 aliphatic rings. The van der Waals surface area contributed by atoms with Crippen molar-refractivity contribution >= 4 is 21.6 Å². The van der Waals surface area contributed by atoms with Crippen molar-refractivity contribution in [1.29, 1.82) is 0 Å². The van der Waals surface area contributed by atoms with Crippen LogP contribution in [0.25, 0.3) is 0 Å². The van der Waals surface area contributed by atoms with Crippen LogP contribution in [0.1, 0.15) is 23.1 Å². The lowest BCUT2D eigenvalue weighted by Crippen LogP contribution is -2.36. The van der Waals surface area contributed by atoms with Gasteiger partial charge in [0.15, 0.2) is 0 Å². The second-order valence-electron chi connectivity index (χ2n) is 7.78. The monoisotopic (exact) mass is 450 g/mol. The van der Waals surface area contributed by atoms with Gasteiger partial charge in [0.2, 0.25) is 15.9 Å². The number of anilines is 1. The highest BCUT2D eigenvalue weighted by molar-refractivity contribution is 7.89. The van der Waals surface area contributed by atoms with Crippen molar-refractivity contribution in [1.82, 2.24) is 4.31 Å². The number of nitrogens with one attached hydrogen (secondary N) is 1. The summed E-state index contributed by atoms with van der Waals surface area (Å²) in [5.74, 6) is 0.549. The van der Waals surface area contributed by atoms with Crippen LogP contribution in [-0.4, -0.2) is 32.3 Å². The van der Waals surface area contributed by atoms with E-state index in [0.717, 1.165) is 16.7 Å². The van der Waals surface area contributed by atoms with E-state index in [1.54, 1.807) is 31.4 Å². The summed E-state index contributed by atoms with van der Waals surface area (Å²) in [6.07, 6.45) is 1.69. The molecule has 3 aromatic rings. The number of amides is 1. The van der Waals surface area contributed by atoms with E-state index < -0.39 is 10.0 Å². The van der Waals surface area contributed by atoms with Gasteiger partial charge in [-0.25, -0.2) is 8.42 Å². The highest BCUT2D eigenvalue weighted by Crippen LogP contribution is 2.28. The first-order valence-corrected chi connectivity index (χ1v) is 12.0. The molecule has 1 amide bonds. The molecule has 6 nitrogen and oxygen atoms in total. The first-order chi connectivity index (χ1) is 15.5. The van der Waals surface area contributed by atoms with E-state index in [4.69, 9.17) is 4.74 Å². The molecule has 0 spiro atoms. The second-order valence-corrected chi connectivity index (χ2v) is 9.72. The molecule has 166 valence electrons. The number of hydrogen-bond acceptors (Lipinski definition) is 4. The Labute approximate surface area is 188 Å². The summed E-state index contributed by atoms with van der Waals surface area (Å²) in [4.78, 5) is 12.6. The summed E-state index contributed by atoms with van der Waals surface area (Å²) < 4.78 is 32.8. The van der Waals surface area contributed by atoms with E-state index in [2.05, 4.69) is 5.32 Å². The first kappa shape index (κ1) is 22.0. The lowest BCUT2D eigenvalue weighted by atomic mass is 10.0. The van der Waals surface area contributed by atoms with Crippen LogP contribution in [0, 0.1) is 0 Å². The average Bonchev–Trinajstić information content (AvgIpc) is 2.83. The molecule has 0 unspecified atom stereocenters. The zero-order chi connectivity index (χ0) is 22.6. The summed E-state index contributed by atoms with van der Waals surface area (Å²) in [6, 6.07) is 22.0. The van der Waals surface area contributed by atoms with Gasteiger partial charge in [-0.3, -0.25) is 4.79 Å². The van der Waals surface area contributed by atoms with Gasteiger partial charge >= 0.3 is 0 Å². The Morgan fingerprint density at radius 3 is 2.47 bits per heavy atom. The van der Waals surface area contributed by atoms with Crippen LogP contribution in [0.5, 0.6) is 5.75 Å². The van der Waals surface area contributed by atoms with Crippen molar-refractivity contribution in [3.63, 3.8) is 0 Å². The molecule has 3 aromatic carbocycles. The molecule has 1 N–H and O–H groups in total. The topological polar surface area (TPSA) is 75.7 Å². The van der Waals surface area contributed by atoms with E-state index >= 15 is 0 Å². The third-order valence-corrected chi connectivity index (χ3v) is 7.51. The van der Waals surface area contributed by atoms with Gasteiger partial charge in [-0.2, -0.15) is 4.31 Å². The van der Waals surface area contributed by atoms with Crippen molar-refractivity contribution < 1.29 is 17.9 Å². The van der Waals surface area contributed by atoms with Crippen molar-refractivity contribution in [3.05, 3.63) is 89.5 Å². The predicted octanol–water partition coefficient (Wildman–Crippen LogP) is 4.01. The number of carbonyl (C=O) groups is 1. The van der Waals surface area contributed by atoms with Gasteiger partial charge in [-0.05, 0) is 65.9 Å². The predicted molar refractivity (Wildman–Crippen MR) is 124 cm³/mol. The maximum Gasteiger partial charge on any atom is 0.243 e. The number of aryl methyl sites for hydroxylation is 1. The van der Waals surface area contributed by atoms with E-state index in [0.29, 0.717) is 37.2 Å². The molecule has 0 aliphatic carbocycles. The molecule has 0 saturated heterocycles. The quantitative estimate of drug-likeness (QED) is 0.590. The molecule has 0 radical (unpaired) electrons. The third-order valence-electron chi connectivity index (χ3n) is 5.65. The molecule has 1 heterocycles. The average molecular weight is 451 g/mol. The fourth-order valence-electron chi connectivity index (χ4n) is 3.84. The number of benzene rings is 3. The third kappa shape index (κ3) is 5.00. The zero-order valence-electron chi connectivity index (χ0n) is 18.0. The van der Waals surface area contributed by atoms with Gasteiger partial charge in [0.05, 0.1) is 12.0 Å². The van der Waals surface area contributed by atoms with Crippen LogP contribution in [0.2, 0.25) is 0 Å². The van der Waals surface area contributed by atoms with Gasteiger partial charge in [0.25, 0.3) is 0 Å². The molecule has 0 aromatic heterocycles. The lowest BCUT2D eigenvalue weighted by Gasteiger charge is -2.28. The Bertz CT molecular complexity index is 1190. The van der Waals surface area contributed by atoms with E-state index in [9.17, 15) is 13.2 Å². The Balaban J connectivity index is 1.43.